The molecule has 0 aliphatic rings. The molecule has 3 heterocycles. The number of anilines is 1. The Morgan fingerprint density at radius 1 is 1.00 bits per heavy atom. The van der Waals surface area contributed by atoms with Crippen LogP contribution in [0.15, 0.2) is 47.3 Å². The fourth-order valence-electron chi connectivity index (χ4n) is 3.23. The van der Waals surface area contributed by atoms with Crippen molar-refractivity contribution >= 4 is 16.7 Å². The van der Waals surface area contributed by atoms with Crippen LogP contribution < -0.4 is 5.73 Å². The van der Waals surface area contributed by atoms with E-state index in [4.69, 9.17) is 10.2 Å². The fourth-order valence-corrected chi connectivity index (χ4v) is 3.23. The van der Waals surface area contributed by atoms with Crippen LogP contribution >= 0.6 is 0 Å². The molecule has 2 N–H and O–H groups in total. The van der Waals surface area contributed by atoms with Crippen LogP contribution in [0, 0.1) is 11.6 Å². The molecule has 0 fully saturated rings. The summed E-state index contributed by atoms with van der Waals surface area (Å²) in [5, 5.41) is 15.2. The summed E-state index contributed by atoms with van der Waals surface area (Å²) in [4.78, 5) is 8.10. The van der Waals surface area contributed by atoms with E-state index in [2.05, 4.69) is 30.5 Å². The molecule has 0 aliphatic heterocycles. The lowest BCUT2D eigenvalue weighted by atomic mass is 10.1. The van der Waals surface area contributed by atoms with Crippen LogP contribution in [0.5, 0.6) is 0 Å². The summed E-state index contributed by atoms with van der Waals surface area (Å²) in [6, 6.07) is 7.72. The molecule has 0 saturated heterocycles. The van der Waals surface area contributed by atoms with Gasteiger partial charge in [0.15, 0.2) is 11.6 Å². The van der Waals surface area contributed by atoms with Crippen LogP contribution in [0.1, 0.15) is 17.9 Å². The Bertz CT molecular complexity index is 1480. The molecular formula is C20H12F4N8O. The minimum Gasteiger partial charge on any atom is -0.415 e. The topological polar surface area (TPSA) is 121 Å². The van der Waals surface area contributed by atoms with E-state index in [1.807, 2.05) is 0 Å². The van der Waals surface area contributed by atoms with E-state index in [-0.39, 0.29) is 12.1 Å². The van der Waals surface area contributed by atoms with E-state index in [1.165, 1.54) is 23.1 Å². The number of nitrogens with zero attached hydrogens (tertiary/aromatic N) is 7. The predicted molar refractivity (Wildman–Crippen MR) is 107 cm³/mol. The van der Waals surface area contributed by atoms with E-state index in [0.717, 1.165) is 0 Å². The molecule has 33 heavy (non-hydrogen) atoms. The number of fused-ring (bicyclic) bond motifs is 1. The lowest BCUT2D eigenvalue weighted by Crippen LogP contribution is -2.05. The molecule has 9 nitrogen and oxygen atoms in total. The molecular weight excluding hydrogens is 444 g/mol. The molecule has 2 aromatic carbocycles. The van der Waals surface area contributed by atoms with Crippen LogP contribution in [0.25, 0.3) is 33.6 Å². The zero-order chi connectivity index (χ0) is 23.1. The Balaban J connectivity index is 1.41. The first-order valence-electron chi connectivity index (χ1n) is 9.40. The number of nitrogens with two attached hydrogens (primary N) is 1. The first kappa shape index (κ1) is 20.5. The van der Waals surface area contributed by atoms with Crippen molar-refractivity contribution in [3.63, 3.8) is 0 Å². The van der Waals surface area contributed by atoms with Crippen molar-refractivity contribution in [1.82, 2.24) is 35.2 Å². The Morgan fingerprint density at radius 3 is 2.64 bits per heavy atom. The Morgan fingerprint density at radius 2 is 1.85 bits per heavy atom. The standard InChI is InChI=1S/C20H12F4N8O/c21-15-10(2-4-12(16(15)22)19-29-30-20(33-19)17(23)24)6-32-7-14(28-31-32)9-1-3-11-13(5-9)26-8-27-18(11)25/h1-5,7-8,17H,6H2,(H2,25,26,27). The maximum absolute atomic E-state index is 14.6. The van der Waals surface area contributed by atoms with Gasteiger partial charge in [-0.25, -0.2) is 23.4 Å². The highest BCUT2D eigenvalue weighted by atomic mass is 19.3. The molecule has 13 heteroatoms. The third kappa shape index (κ3) is 3.73. The van der Waals surface area contributed by atoms with Gasteiger partial charge < -0.3 is 10.2 Å². The van der Waals surface area contributed by atoms with Gasteiger partial charge in [-0.1, -0.05) is 17.3 Å². The number of aromatic nitrogens is 7. The second-order valence-corrected chi connectivity index (χ2v) is 6.94. The quantitative estimate of drug-likeness (QED) is 0.397. The number of halogens is 4. The molecule has 0 aliphatic carbocycles. The van der Waals surface area contributed by atoms with Crippen molar-refractivity contribution in [3.8, 4) is 22.7 Å². The number of hydrogen-bond donors (Lipinski definition) is 1. The molecule has 5 aromatic rings. The molecule has 0 atom stereocenters. The van der Waals surface area contributed by atoms with Crippen molar-refractivity contribution in [2.24, 2.45) is 0 Å². The van der Waals surface area contributed by atoms with Gasteiger partial charge in [-0.2, -0.15) is 8.78 Å². The first-order valence-corrected chi connectivity index (χ1v) is 9.40. The lowest BCUT2D eigenvalue weighted by molar-refractivity contribution is 0.116. The van der Waals surface area contributed by atoms with Crippen molar-refractivity contribution in [2.75, 3.05) is 5.73 Å². The van der Waals surface area contributed by atoms with E-state index in [0.29, 0.717) is 28.0 Å². The predicted octanol–water partition coefficient (Wildman–Crippen LogP) is 3.78. The average Bonchev–Trinajstić information content (AvgIpc) is 3.47. The summed E-state index contributed by atoms with van der Waals surface area (Å²) >= 11 is 0. The zero-order valence-electron chi connectivity index (χ0n) is 16.5. The summed E-state index contributed by atoms with van der Waals surface area (Å²) in [5.74, 6) is -3.67. The molecule has 0 bridgehead atoms. The maximum Gasteiger partial charge on any atom is 0.314 e. The van der Waals surface area contributed by atoms with E-state index < -0.39 is 35.4 Å². The number of hydrogen-bond acceptors (Lipinski definition) is 8. The smallest absolute Gasteiger partial charge is 0.314 e. The van der Waals surface area contributed by atoms with Crippen LogP contribution in [0.3, 0.4) is 0 Å². The molecule has 166 valence electrons. The van der Waals surface area contributed by atoms with E-state index in [1.54, 1.807) is 24.4 Å². The van der Waals surface area contributed by atoms with Gasteiger partial charge in [0.05, 0.1) is 23.8 Å². The van der Waals surface area contributed by atoms with Crippen molar-refractivity contribution in [3.05, 3.63) is 65.9 Å². The lowest BCUT2D eigenvalue weighted by Gasteiger charge is -2.06. The summed E-state index contributed by atoms with van der Waals surface area (Å²) in [6.45, 7) is -0.134. The van der Waals surface area contributed by atoms with Crippen LogP contribution in [0.4, 0.5) is 23.4 Å². The molecule has 5 rings (SSSR count). The number of alkyl halides is 2. The number of benzene rings is 2. The molecule has 0 amide bonds. The van der Waals surface area contributed by atoms with Gasteiger partial charge in [-0.05, 0) is 18.2 Å². The monoisotopic (exact) mass is 456 g/mol. The Labute approximate surface area is 181 Å². The maximum atomic E-state index is 14.6. The van der Waals surface area contributed by atoms with Gasteiger partial charge in [-0.3, -0.25) is 0 Å². The number of nitrogen functional groups attached to an aromatic ring is 1. The molecule has 3 aromatic heterocycles. The minimum absolute atomic E-state index is 0.0414. The summed E-state index contributed by atoms with van der Waals surface area (Å²) in [6.07, 6.45) is -0.112. The SMILES string of the molecule is Nc1ncnc2cc(-c3cn(Cc4ccc(-c5nnc(C(F)F)o5)c(F)c4F)nn3)ccc12. The molecule has 0 saturated carbocycles. The van der Waals surface area contributed by atoms with Gasteiger partial charge in [-0.15, -0.1) is 15.3 Å². The van der Waals surface area contributed by atoms with E-state index in [9.17, 15) is 17.6 Å². The second kappa shape index (κ2) is 7.93. The van der Waals surface area contributed by atoms with Gasteiger partial charge in [0, 0.05) is 16.5 Å². The summed E-state index contributed by atoms with van der Waals surface area (Å²) < 4.78 is 60.4. The van der Waals surface area contributed by atoms with Gasteiger partial charge in [0.2, 0.25) is 0 Å². The highest BCUT2D eigenvalue weighted by Crippen LogP contribution is 2.28. The van der Waals surface area contributed by atoms with Crippen LogP contribution in [-0.4, -0.2) is 35.2 Å². The highest BCUT2D eigenvalue weighted by molar-refractivity contribution is 5.90. The van der Waals surface area contributed by atoms with Crippen molar-refractivity contribution in [2.45, 2.75) is 13.0 Å². The number of rotatable bonds is 5. The summed E-state index contributed by atoms with van der Waals surface area (Å²) in [5.41, 5.74) is 7.16. The normalized spacial score (nSPS) is 11.5. The van der Waals surface area contributed by atoms with Crippen LogP contribution in [-0.2, 0) is 6.54 Å². The van der Waals surface area contributed by atoms with Crippen molar-refractivity contribution < 1.29 is 22.0 Å². The first-order chi connectivity index (χ1) is 15.9. The molecule has 0 spiro atoms. The zero-order valence-corrected chi connectivity index (χ0v) is 16.5. The third-order valence-corrected chi connectivity index (χ3v) is 4.85. The molecule has 0 radical (unpaired) electrons. The third-order valence-electron chi connectivity index (χ3n) is 4.85. The van der Waals surface area contributed by atoms with Gasteiger partial charge in [0.1, 0.15) is 17.8 Å². The highest BCUT2D eigenvalue weighted by Gasteiger charge is 2.22. The average molecular weight is 456 g/mol. The summed E-state index contributed by atoms with van der Waals surface area (Å²) in [7, 11) is 0. The van der Waals surface area contributed by atoms with Gasteiger partial charge >= 0.3 is 6.43 Å². The van der Waals surface area contributed by atoms with Crippen molar-refractivity contribution in [1.29, 1.82) is 0 Å². The van der Waals surface area contributed by atoms with Crippen LogP contribution in [0.2, 0.25) is 0 Å². The largest absolute Gasteiger partial charge is 0.415 e. The second-order valence-electron chi connectivity index (χ2n) is 6.94. The molecule has 0 unspecified atom stereocenters. The fraction of sp³-hybridized carbons (Fsp3) is 0.100. The van der Waals surface area contributed by atoms with Gasteiger partial charge in [0.25, 0.3) is 11.8 Å². The Hall–Kier alpha value is -4.42. The Kier molecular flexibility index (Phi) is 4.92. The van der Waals surface area contributed by atoms with E-state index >= 15 is 0 Å². The minimum atomic E-state index is -3.02.